The normalized spacial score (nSPS) is 19.5. The molecule has 0 unspecified atom stereocenters. The van der Waals surface area contributed by atoms with Gasteiger partial charge in [0.2, 0.25) is 29.5 Å². The lowest BCUT2D eigenvalue weighted by Crippen LogP contribution is -2.53. The number of aliphatic carboxylic acids is 1. The summed E-state index contributed by atoms with van der Waals surface area (Å²) in [5.74, 6) is -4.85. The Kier molecular flexibility index (Phi) is 18.3. The number of carboxylic acids is 1. The molecule has 0 radical (unpaired) electrons. The summed E-state index contributed by atoms with van der Waals surface area (Å²) in [7, 11) is 0. The van der Waals surface area contributed by atoms with Crippen LogP contribution in [0.3, 0.4) is 0 Å². The molecule has 1 aromatic carbocycles. The van der Waals surface area contributed by atoms with Crippen LogP contribution in [0.5, 0.6) is 0 Å². The molecule has 0 saturated carbocycles. The van der Waals surface area contributed by atoms with E-state index in [2.05, 4.69) is 41.9 Å². The summed E-state index contributed by atoms with van der Waals surface area (Å²) >= 11 is 0. The number of nitrogens with two attached hydrogens (primary N) is 3. The van der Waals surface area contributed by atoms with Gasteiger partial charge in [-0.15, -0.1) is 5.10 Å². The van der Waals surface area contributed by atoms with Gasteiger partial charge < -0.3 is 58.4 Å². The fourth-order valence-electron chi connectivity index (χ4n) is 5.34. The summed E-state index contributed by atoms with van der Waals surface area (Å²) in [6.45, 7) is 0.769. The van der Waals surface area contributed by atoms with E-state index in [0.29, 0.717) is 26.2 Å². The van der Waals surface area contributed by atoms with Crippen LogP contribution in [-0.4, -0.2) is 126 Å². The smallest absolute Gasteiger partial charge is 0.305 e. The number of hydrogen-bond acceptors (Lipinski definition) is 12. The van der Waals surface area contributed by atoms with Gasteiger partial charge in [0.15, 0.2) is 5.96 Å². The minimum absolute atomic E-state index is 0.0712. The molecule has 21 nitrogen and oxygen atoms in total. The molecule has 54 heavy (non-hydrogen) atoms. The number of carbonyl (C=O) groups is 6. The first-order valence-corrected chi connectivity index (χ1v) is 17.5. The van der Waals surface area contributed by atoms with E-state index in [1.807, 2.05) is 30.3 Å². The van der Waals surface area contributed by atoms with Crippen molar-refractivity contribution in [2.45, 2.75) is 62.7 Å². The van der Waals surface area contributed by atoms with E-state index in [1.165, 1.54) is 10.9 Å². The molecule has 3 rings (SSSR count). The topological polar surface area (TPSA) is 322 Å². The van der Waals surface area contributed by atoms with Crippen LogP contribution >= 0.6 is 0 Å². The van der Waals surface area contributed by atoms with Crippen molar-refractivity contribution in [3.63, 3.8) is 0 Å². The van der Waals surface area contributed by atoms with E-state index in [1.54, 1.807) is 0 Å². The molecular formula is C33H50N12O9. The zero-order chi connectivity index (χ0) is 39.3. The fourth-order valence-corrected chi connectivity index (χ4v) is 5.34. The molecule has 4 atom stereocenters. The zero-order valence-corrected chi connectivity index (χ0v) is 29.9. The van der Waals surface area contributed by atoms with Crippen molar-refractivity contribution >= 4 is 41.5 Å². The van der Waals surface area contributed by atoms with Crippen molar-refractivity contribution in [3.8, 4) is 0 Å². The number of nitrogens with one attached hydrogen (secondary N) is 5. The number of ether oxygens (including phenoxy) is 2. The molecule has 2 bridgehead atoms. The Morgan fingerprint density at radius 2 is 1.67 bits per heavy atom. The van der Waals surface area contributed by atoms with Gasteiger partial charge in [-0.05, 0) is 37.7 Å². The number of carboxylic acid groups (broad SMARTS) is 1. The predicted octanol–water partition coefficient (Wildman–Crippen LogP) is -3.26. The molecule has 5 amide bonds. The van der Waals surface area contributed by atoms with Crippen LogP contribution in [-0.2, 0) is 44.7 Å². The first kappa shape index (κ1) is 42.7. The van der Waals surface area contributed by atoms with Gasteiger partial charge in [0.1, 0.15) is 30.4 Å². The molecule has 0 saturated heterocycles. The van der Waals surface area contributed by atoms with Gasteiger partial charge >= 0.3 is 5.97 Å². The number of aliphatic imine (C=N–C) groups is 1. The van der Waals surface area contributed by atoms with Crippen LogP contribution in [0.1, 0.15) is 55.4 Å². The third-order valence-electron chi connectivity index (χ3n) is 7.98. The van der Waals surface area contributed by atoms with Crippen LogP contribution in [0, 0.1) is 0 Å². The van der Waals surface area contributed by atoms with Gasteiger partial charge in [0, 0.05) is 19.6 Å². The van der Waals surface area contributed by atoms with Gasteiger partial charge in [-0.25, -0.2) is 4.68 Å². The number of fused-ring (bicyclic) bond motifs is 2. The fraction of sp³-hybridized carbons (Fsp3) is 0.545. The van der Waals surface area contributed by atoms with E-state index in [0.717, 1.165) is 5.56 Å². The Hall–Kier alpha value is -5.67. The molecule has 12 N–H and O–H groups in total. The molecule has 2 heterocycles. The largest absolute Gasteiger partial charge is 0.481 e. The maximum atomic E-state index is 13.9. The van der Waals surface area contributed by atoms with Crippen LogP contribution in [0.2, 0.25) is 0 Å². The summed E-state index contributed by atoms with van der Waals surface area (Å²) < 4.78 is 11.8. The van der Waals surface area contributed by atoms with Crippen LogP contribution in [0.25, 0.3) is 0 Å². The van der Waals surface area contributed by atoms with E-state index in [4.69, 9.17) is 26.7 Å². The van der Waals surface area contributed by atoms with E-state index in [9.17, 15) is 33.9 Å². The lowest BCUT2D eigenvalue weighted by atomic mass is 10.0. The minimum Gasteiger partial charge on any atom is -0.481 e. The van der Waals surface area contributed by atoms with Crippen LogP contribution in [0.4, 0.5) is 0 Å². The van der Waals surface area contributed by atoms with E-state index < -0.39 is 66.7 Å². The minimum atomic E-state index is -1.50. The molecule has 0 fully saturated rings. The summed E-state index contributed by atoms with van der Waals surface area (Å²) in [4.78, 5) is 81.6. The Morgan fingerprint density at radius 1 is 0.926 bits per heavy atom. The van der Waals surface area contributed by atoms with Crippen molar-refractivity contribution < 1.29 is 43.3 Å². The maximum Gasteiger partial charge on any atom is 0.305 e. The molecular weight excluding hydrogens is 708 g/mol. The van der Waals surface area contributed by atoms with Crippen LogP contribution in [0.15, 0.2) is 41.5 Å². The third kappa shape index (κ3) is 15.5. The summed E-state index contributed by atoms with van der Waals surface area (Å²) in [5, 5.41) is 31.0. The van der Waals surface area contributed by atoms with Gasteiger partial charge in [0.25, 0.3) is 0 Å². The highest BCUT2D eigenvalue weighted by Gasteiger charge is 2.31. The SMILES string of the molecule is NCCOCCOCC(=O)NCCC[C@H]1C(=O)N[C@@H](CCCN=C(N)N)C(=O)NCC(=O)N[C@@H](CC(=O)O)C(=O)N[C@@H](Cc2ccccc2)c2cn1nn2. The Bertz CT molecular complexity index is 1570. The van der Waals surface area contributed by atoms with Gasteiger partial charge in [-0.3, -0.25) is 33.8 Å². The standard InChI is InChI=1S/C33H50N12O9/c34-10-13-53-14-15-54-20-28(47)37-11-5-9-26-32(52)41-22(8-4-12-38-33(35)36)30(50)39-18-27(46)40-24(17-29(48)49)31(51)42-23(25-19-45(26)44-43-25)16-21-6-2-1-3-7-21/h1-3,6-7,19,22-24,26H,4-5,8-18,20,34H2,(H,37,47)(H,39,50)(H,40,46)(H,41,52)(H,42,51)(H,48,49)(H4,35,36,38)/t22-,23-,24-,26-/m0/s1. The summed E-state index contributed by atoms with van der Waals surface area (Å²) in [6, 6.07) is 4.53. The van der Waals surface area contributed by atoms with Crippen molar-refractivity contribution in [2.75, 3.05) is 52.6 Å². The highest BCUT2D eigenvalue weighted by atomic mass is 16.5. The predicted molar refractivity (Wildman–Crippen MR) is 192 cm³/mol. The van der Waals surface area contributed by atoms with Crippen molar-refractivity contribution in [2.24, 2.45) is 22.2 Å². The first-order valence-electron chi connectivity index (χ1n) is 17.5. The number of guanidine groups is 1. The van der Waals surface area contributed by atoms with Crippen molar-refractivity contribution in [1.82, 2.24) is 41.6 Å². The average molecular weight is 759 g/mol. The quantitative estimate of drug-likeness (QED) is 0.0386. The van der Waals surface area contributed by atoms with Gasteiger partial charge in [-0.2, -0.15) is 0 Å². The zero-order valence-electron chi connectivity index (χ0n) is 29.9. The summed E-state index contributed by atoms with van der Waals surface area (Å²) in [6.07, 6.45) is 1.70. The molecule has 0 aliphatic carbocycles. The molecule has 1 aliphatic rings. The van der Waals surface area contributed by atoms with E-state index >= 15 is 0 Å². The Labute approximate surface area is 311 Å². The number of benzene rings is 1. The molecule has 21 heteroatoms. The number of hydrogen-bond donors (Lipinski definition) is 9. The molecule has 2 aromatic rings. The molecule has 1 aromatic heterocycles. The Balaban J connectivity index is 1.90. The molecule has 296 valence electrons. The number of aromatic nitrogens is 3. The van der Waals surface area contributed by atoms with Gasteiger partial charge in [-0.1, -0.05) is 35.5 Å². The first-order chi connectivity index (χ1) is 26.0. The average Bonchev–Trinajstić information content (AvgIpc) is 3.62. The number of amides is 5. The van der Waals surface area contributed by atoms with Crippen molar-refractivity contribution in [3.05, 3.63) is 47.8 Å². The highest BCUT2D eigenvalue weighted by molar-refractivity contribution is 5.94. The number of nitrogens with zero attached hydrogens (tertiary/aromatic N) is 4. The van der Waals surface area contributed by atoms with E-state index in [-0.39, 0.29) is 69.5 Å². The second kappa shape index (κ2) is 23.1. The highest BCUT2D eigenvalue weighted by Crippen LogP contribution is 2.21. The number of rotatable bonds is 19. The van der Waals surface area contributed by atoms with Crippen LogP contribution < -0.4 is 43.8 Å². The molecule has 0 spiro atoms. The van der Waals surface area contributed by atoms with Crippen molar-refractivity contribution in [1.29, 1.82) is 0 Å². The number of carbonyl (C=O) groups excluding carboxylic acids is 5. The lowest BCUT2D eigenvalue weighted by molar-refractivity contribution is -0.141. The lowest BCUT2D eigenvalue weighted by Gasteiger charge is -2.24. The maximum absolute atomic E-state index is 13.9. The monoisotopic (exact) mass is 758 g/mol. The van der Waals surface area contributed by atoms with Gasteiger partial charge in [0.05, 0.1) is 45.0 Å². The second-order valence-corrected chi connectivity index (χ2v) is 12.3. The summed E-state index contributed by atoms with van der Waals surface area (Å²) in [5.41, 5.74) is 17.3. The second-order valence-electron chi connectivity index (χ2n) is 12.3. The third-order valence-corrected chi connectivity index (χ3v) is 7.98. The Morgan fingerprint density at radius 3 is 2.39 bits per heavy atom. The molecule has 1 aliphatic heterocycles.